The minimum atomic E-state index is 0.605. The van der Waals surface area contributed by atoms with E-state index in [1.165, 1.54) is 24.0 Å². The normalized spacial score (nSPS) is 18.5. The number of benzene rings is 1. The molecule has 0 amide bonds. The highest BCUT2D eigenvalue weighted by molar-refractivity contribution is 5.19. The lowest BCUT2D eigenvalue weighted by molar-refractivity contribution is 0.149. The summed E-state index contributed by atoms with van der Waals surface area (Å²) in [6.07, 6.45) is 4.42. The van der Waals surface area contributed by atoms with Crippen molar-refractivity contribution in [3.05, 3.63) is 65.5 Å². The van der Waals surface area contributed by atoms with Crippen LogP contribution in [-0.2, 0) is 13.1 Å². The van der Waals surface area contributed by atoms with Crippen LogP contribution in [0.15, 0.2) is 48.7 Å². The molecular formula is C19H25N3. The summed E-state index contributed by atoms with van der Waals surface area (Å²) in [5.74, 6) is 0. The number of hydrogen-bond acceptors (Lipinski definition) is 3. The molecule has 1 saturated heterocycles. The molecule has 3 nitrogen and oxygen atoms in total. The van der Waals surface area contributed by atoms with Gasteiger partial charge in [-0.05, 0) is 43.5 Å². The molecule has 3 heteroatoms. The summed E-state index contributed by atoms with van der Waals surface area (Å²) in [7, 11) is 0. The standard InChI is InChI=1S/C19H25N3/c1-16-18(9-5-12-21-16)15-22(19-10-6-11-20-13-19)14-17-7-3-2-4-8-17/h2-5,7-9,12,19-20H,6,10-11,13-15H2,1H3. The van der Waals surface area contributed by atoms with Crippen molar-refractivity contribution in [2.45, 2.75) is 38.9 Å². The van der Waals surface area contributed by atoms with Crippen LogP contribution < -0.4 is 5.32 Å². The summed E-state index contributed by atoms with van der Waals surface area (Å²) in [5.41, 5.74) is 3.86. The van der Waals surface area contributed by atoms with Gasteiger partial charge < -0.3 is 5.32 Å². The maximum absolute atomic E-state index is 4.44. The lowest BCUT2D eigenvalue weighted by atomic mass is 10.0. The zero-order valence-corrected chi connectivity index (χ0v) is 13.3. The van der Waals surface area contributed by atoms with E-state index in [1.807, 2.05) is 12.3 Å². The molecule has 1 aliphatic heterocycles. The quantitative estimate of drug-likeness (QED) is 0.918. The highest BCUT2D eigenvalue weighted by atomic mass is 15.2. The van der Waals surface area contributed by atoms with E-state index >= 15 is 0 Å². The third-order valence-corrected chi connectivity index (χ3v) is 4.51. The minimum Gasteiger partial charge on any atom is -0.315 e. The molecule has 1 atom stereocenters. The number of rotatable bonds is 5. The molecule has 0 aliphatic carbocycles. The fourth-order valence-corrected chi connectivity index (χ4v) is 3.18. The molecule has 1 unspecified atom stereocenters. The van der Waals surface area contributed by atoms with Crippen molar-refractivity contribution in [2.75, 3.05) is 13.1 Å². The number of nitrogens with zero attached hydrogens (tertiary/aromatic N) is 2. The lowest BCUT2D eigenvalue weighted by Crippen LogP contribution is -2.45. The lowest BCUT2D eigenvalue weighted by Gasteiger charge is -2.35. The Labute approximate surface area is 133 Å². The maximum Gasteiger partial charge on any atom is 0.0417 e. The van der Waals surface area contributed by atoms with Crippen LogP contribution in [0.4, 0.5) is 0 Å². The maximum atomic E-state index is 4.44. The number of pyridine rings is 1. The van der Waals surface area contributed by atoms with Gasteiger partial charge in [-0.3, -0.25) is 9.88 Å². The molecule has 116 valence electrons. The molecule has 0 bridgehead atoms. The molecule has 1 aromatic carbocycles. The Bertz CT molecular complexity index is 576. The van der Waals surface area contributed by atoms with Crippen LogP contribution in [0.2, 0.25) is 0 Å². The van der Waals surface area contributed by atoms with Gasteiger partial charge in [0.2, 0.25) is 0 Å². The first kappa shape index (κ1) is 15.2. The monoisotopic (exact) mass is 295 g/mol. The van der Waals surface area contributed by atoms with E-state index in [9.17, 15) is 0 Å². The first-order valence-electron chi connectivity index (χ1n) is 8.22. The van der Waals surface area contributed by atoms with Crippen molar-refractivity contribution in [3.8, 4) is 0 Å². The number of aryl methyl sites for hydroxylation is 1. The SMILES string of the molecule is Cc1ncccc1CN(Cc1ccccc1)C1CCCNC1. The van der Waals surface area contributed by atoms with Crippen molar-refractivity contribution in [1.29, 1.82) is 0 Å². The van der Waals surface area contributed by atoms with E-state index in [1.54, 1.807) is 0 Å². The van der Waals surface area contributed by atoms with Gasteiger partial charge >= 0.3 is 0 Å². The molecule has 0 spiro atoms. The molecule has 22 heavy (non-hydrogen) atoms. The number of hydrogen-bond donors (Lipinski definition) is 1. The topological polar surface area (TPSA) is 28.2 Å². The molecule has 3 rings (SSSR count). The van der Waals surface area contributed by atoms with Gasteiger partial charge in [-0.15, -0.1) is 0 Å². The summed E-state index contributed by atoms with van der Waals surface area (Å²) in [5, 5.41) is 3.54. The zero-order valence-electron chi connectivity index (χ0n) is 13.3. The fraction of sp³-hybridized carbons (Fsp3) is 0.421. The van der Waals surface area contributed by atoms with Crippen molar-refractivity contribution >= 4 is 0 Å². The van der Waals surface area contributed by atoms with E-state index in [0.717, 1.165) is 31.9 Å². The Hall–Kier alpha value is -1.71. The second kappa shape index (κ2) is 7.52. The smallest absolute Gasteiger partial charge is 0.0417 e. The van der Waals surface area contributed by atoms with Gasteiger partial charge in [0, 0.05) is 37.6 Å². The molecule has 2 heterocycles. The third kappa shape index (κ3) is 3.93. The van der Waals surface area contributed by atoms with E-state index in [2.05, 4.69) is 58.5 Å². The number of piperidine rings is 1. The van der Waals surface area contributed by atoms with Crippen LogP contribution in [-0.4, -0.2) is 29.0 Å². The Morgan fingerprint density at radius 2 is 2.00 bits per heavy atom. The number of aromatic nitrogens is 1. The van der Waals surface area contributed by atoms with Crippen molar-refractivity contribution in [2.24, 2.45) is 0 Å². The summed E-state index contributed by atoms with van der Waals surface area (Å²) < 4.78 is 0. The predicted octanol–water partition coefficient (Wildman–Crippen LogP) is 3.14. The molecule has 0 radical (unpaired) electrons. The van der Waals surface area contributed by atoms with Crippen molar-refractivity contribution < 1.29 is 0 Å². The van der Waals surface area contributed by atoms with Crippen LogP contribution in [0.5, 0.6) is 0 Å². The Morgan fingerprint density at radius 1 is 1.14 bits per heavy atom. The summed E-state index contributed by atoms with van der Waals surface area (Å²) in [6, 6.07) is 15.6. The molecule has 0 saturated carbocycles. The molecule has 1 aliphatic rings. The van der Waals surface area contributed by atoms with Crippen molar-refractivity contribution in [1.82, 2.24) is 15.2 Å². The van der Waals surface area contributed by atoms with Crippen LogP contribution in [0.3, 0.4) is 0 Å². The third-order valence-electron chi connectivity index (χ3n) is 4.51. The van der Waals surface area contributed by atoms with Crippen LogP contribution in [0.1, 0.15) is 29.7 Å². The van der Waals surface area contributed by atoms with Gasteiger partial charge in [-0.2, -0.15) is 0 Å². The highest BCUT2D eigenvalue weighted by Gasteiger charge is 2.21. The fourth-order valence-electron chi connectivity index (χ4n) is 3.18. The van der Waals surface area contributed by atoms with Crippen LogP contribution in [0, 0.1) is 6.92 Å². The van der Waals surface area contributed by atoms with Crippen molar-refractivity contribution in [3.63, 3.8) is 0 Å². The summed E-state index contributed by atoms with van der Waals surface area (Å²) >= 11 is 0. The molecule has 2 aromatic rings. The van der Waals surface area contributed by atoms with E-state index < -0.39 is 0 Å². The van der Waals surface area contributed by atoms with Gasteiger partial charge in [-0.25, -0.2) is 0 Å². The van der Waals surface area contributed by atoms with E-state index in [4.69, 9.17) is 0 Å². The predicted molar refractivity (Wildman–Crippen MR) is 90.6 cm³/mol. The highest BCUT2D eigenvalue weighted by Crippen LogP contribution is 2.18. The molecule has 1 fully saturated rings. The largest absolute Gasteiger partial charge is 0.315 e. The Kier molecular flexibility index (Phi) is 5.20. The Balaban J connectivity index is 1.77. The molecule has 1 aromatic heterocycles. The molecule has 1 N–H and O–H groups in total. The minimum absolute atomic E-state index is 0.605. The average molecular weight is 295 g/mol. The van der Waals surface area contributed by atoms with E-state index in [0.29, 0.717) is 6.04 Å². The van der Waals surface area contributed by atoms with Gasteiger partial charge in [0.25, 0.3) is 0 Å². The first-order chi connectivity index (χ1) is 10.8. The first-order valence-corrected chi connectivity index (χ1v) is 8.22. The van der Waals surface area contributed by atoms with Crippen LogP contribution in [0.25, 0.3) is 0 Å². The van der Waals surface area contributed by atoms with Gasteiger partial charge in [-0.1, -0.05) is 36.4 Å². The number of nitrogens with one attached hydrogen (secondary N) is 1. The van der Waals surface area contributed by atoms with Crippen LogP contribution >= 0.6 is 0 Å². The zero-order chi connectivity index (χ0) is 15.2. The second-order valence-electron chi connectivity index (χ2n) is 6.14. The summed E-state index contributed by atoms with van der Waals surface area (Å²) in [4.78, 5) is 7.04. The van der Waals surface area contributed by atoms with Gasteiger partial charge in [0.15, 0.2) is 0 Å². The van der Waals surface area contributed by atoms with E-state index in [-0.39, 0.29) is 0 Å². The summed E-state index contributed by atoms with van der Waals surface area (Å²) in [6.45, 7) is 6.32. The average Bonchev–Trinajstić information content (AvgIpc) is 2.58. The Morgan fingerprint density at radius 3 is 2.73 bits per heavy atom. The van der Waals surface area contributed by atoms with Gasteiger partial charge in [0.1, 0.15) is 0 Å². The van der Waals surface area contributed by atoms with Gasteiger partial charge in [0.05, 0.1) is 0 Å². The molecular weight excluding hydrogens is 270 g/mol. The second-order valence-corrected chi connectivity index (χ2v) is 6.14.